The summed E-state index contributed by atoms with van der Waals surface area (Å²) < 4.78 is 0. The molecule has 1 saturated heterocycles. The van der Waals surface area contributed by atoms with Gasteiger partial charge in [-0.1, -0.05) is 6.92 Å². The van der Waals surface area contributed by atoms with Crippen LogP contribution in [-0.2, 0) is 0 Å². The lowest BCUT2D eigenvalue weighted by Crippen LogP contribution is -2.40. The molecule has 4 N–H and O–H groups in total. The first-order valence-electron chi connectivity index (χ1n) is 6.46. The maximum absolute atomic E-state index is 11.9. The van der Waals surface area contributed by atoms with Gasteiger partial charge in [-0.05, 0) is 32.9 Å². The molecule has 0 aromatic carbocycles. The van der Waals surface area contributed by atoms with Crippen LogP contribution in [0.4, 0.5) is 5.69 Å². The predicted octanol–water partition coefficient (Wildman–Crippen LogP) is 0.514. The summed E-state index contributed by atoms with van der Waals surface area (Å²) in [4.78, 5) is 14.3. The Hall–Kier alpha value is -1.56. The van der Waals surface area contributed by atoms with Crippen LogP contribution in [0, 0.1) is 6.92 Å². The molecule has 0 bridgehead atoms. The lowest BCUT2D eigenvalue weighted by atomic mass is 10.2. The minimum Gasteiger partial charge on any atom is -0.395 e. The number of amides is 1. The predicted molar refractivity (Wildman–Crippen MR) is 70.3 cm³/mol. The standard InChI is InChI=1S/C12H21N5O/c1-3-17-6-4-5-9(17)7-14-12(18)11-10(13)8(2)15-16-11/h9H,3-7,13H2,1-2H3,(H,14,18)(H,15,16). The molecule has 1 unspecified atom stereocenters. The van der Waals surface area contributed by atoms with Crippen LogP contribution in [0.5, 0.6) is 0 Å². The highest BCUT2D eigenvalue weighted by atomic mass is 16.2. The number of likely N-dealkylation sites (N-methyl/N-ethyl adjacent to an activating group) is 1. The lowest BCUT2D eigenvalue weighted by molar-refractivity contribution is 0.0937. The average molecular weight is 251 g/mol. The molecular formula is C12H21N5O. The Morgan fingerprint density at radius 1 is 1.67 bits per heavy atom. The van der Waals surface area contributed by atoms with E-state index in [1.165, 1.54) is 6.42 Å². The van der Waals surface area contributed by atoms with E-state index < -0.39 is 0 Å². The molecule has 18 heavy (non-hydrogen) atoms. The molecule has 100 valence electrons. The van der Waals surface area contributed by atoms with Gasteiger partial charge in [0.2, 0.25) is 0 Å². The molecule has 6 nitrogen and oxygen atoms in total. The first-order valence-corrected chi connectivity index (χ1v) is 6.46. The van der Waals surface area contributed by atoms with Gasteiger partial charge in [-0.15, -0.1) is 0 Å². The van der Waals surface area contributed by atoms with Crippen LogP contribution in [0.15, 0.2) is 0 Å². The zero-order chi connectivity index (χ0) is 13.1. The quantitative estimate of drug-likeness (QED) is 0.728. The number of nitrogens with two attached hydrogens (primary N) is 1. The highest BCUT2D eigenvalue weighted by molar-refractivity contribution is 5.97. The number of H-pyrrole nitrogens is 1. The van der Waals surface area contributed by atoms with E-state index >= 15 is 0 Å². The fourth-order valence-corrected chi connectivity index (χ4v) is 2.45. The number of aromatic amines is 1. The van der Waals surface area contributed by atoms with Gasteiger partial charge in [0.25, 0.3) is 5.91 Å². The van der Waals surface area contributed by atoms with Gasteiger partial charge in [-0.3, -0.25) is 14.8 Å². The number of aromatic nitrogens is 2. The van der Waals surface area contributed by atoms with Crippen LogP contribution in [0.2, 0.25) is 0 Å². The number of likely N-dealkylation sites (tertiary alicyclic amines) is 1. The number of hydrogen-bond acceptors (Lipinski definition) is 4. The van der Waals surface area contributed by atoms with Crippen LogP contribution < -0.4 is 11.1 Å². The molecule has 0 spiro atoms. The van der Waals surface area contributed by atoms with Gasteiger partial charge in [0, 0.05) is 12.6 Å². The van der Waals surface area contributed by atoms with Crippen LogP contribution >= 0.6 is 0 Å². The highest BCUT2D eigenvalue weighted by Gasteiger charge is 2.24. The minimum absolute atomic E-state index is 0.195. The Morgan fingerprint density at radius 3 is 3.06 bits per heavy atom. The number of anilines is 1. The summed E-state index contributed by atoms with van der Waals surface area (Å²) in [6, 6.07) is 0.445. The molecule has 2 heterocycles. The molecular weight excluding hydrogens is 230 g/mol. The van der Waals surface area contributed by atoms with E-state index in [0.717, 1.165) is 25.2 Å². The molecule has 0 radical (unpaired) electrons. The van der Waals surface area contributed by atoms with Crippen molar-refractivity contribution in [3.8, 4) is 0 Å². The third kappa shape index (κ3) is 2.48. The SMILES string of the molecule is CCN1CCCC1CNC(=O)c1n[nH]c(C)c1N. The van der Waals surface area contributed by atoms with Gasteiger partial charge in [0.15, 0.2) is 5.69 Å². The van der Waals surface area contributed by atoms with E-state index in [-0.39, 0.29) is 5.91 Å². The molecule has 1 amide bonds. The van der Waals surface area contributed by atoms with Crippen LogP contribution in [0.25, 0.3) is 0 Å². The Kier molecular flexibility index (Phi) is 3.86. The van der Waals surface area contributed by atoms with Crippen molar-refractivity contribution in [1.82, 2.24) is 20.4 Å². The summed E-state index contributed by atoms with van der Waals surface area (Å²) in [5, 5.41) is 9.56. The largest absolute Gasteiger partial charge is 0.395 e. The van der Waals surface area contributed by atoms with E-state index in [1.54, 1.807) is 6.92 Å². The topological polar surface area (TPSA) is 87.0 Å². The third-order valence-electron chi connectivity index (χ3n) is 3.61. The van der Waals surface area contributed by atoms with E-state index in [2.05, 4.69) is 27.3 Å². The number of nitrogens with one attached hydrogen (secondary N) is 2. The molecule has 1 aromatic heterocycles. The van der Waals surface area contributed by atoms with E-state index in [1.807, 2.05) is 0 Å². The van der Waals surface area contributed by atoms with Crippen LogP contribution in [-0.4, -0.2) is 46.7 Å². The van der Waals surface area contributed by atoms with Gasteiger partial charge in [-0.25, -0.2) is 0 Å². The van der Waals surface area contributed by atoms with Crippen molar-refractivity contribution in [3.63, 3.8) is 0 Å². The number of aryl methyl sites for hydroxylation is 1. The average Bonchev–Trinajstić information content (AvgIpc) is 2.94. The Labute approximate surface area is 107 Å². The van der Waals surface area contributed by atoms with Crippen molar-refractivity contribution < 1.29 is 4.79 Å². The van der Waals surface area contributed by atoms with E-state index in [9.17, 15) is 4.79 Å². The van der Waals surface area contributed by atoms with Gasteiger partial charge in [0.05, 0.1) is 11.4 Å². The third-order valence-corrected chi connectivity index (χ3v) is 3.61. The number of carbonyl (C=O) groups is 1. The van der Waals surface area contributed by atoms with Gasteiger partial charge in [0.1, 0.15) is 0 Å². The minimum atomic E-state index is -0.195. The summed E-state index contributed by atoms with van der Waals surface area (Å²) in [7, 11) is 0. The smallest absolute Gasteiger partial charge is 0.273 e. The van der Waals surface area contributed by atoms with Crippen molar-refractivity contribution in [2.24, 2.45) is 0 Å². The lowest BCUT2D eigenvalue weighted by Gasteiger charge is -2.22. The monoisotopic (exact) mass is 251 g/mol. The number of rotatable bonds is 4. The maximum Gasteiger partial charge on any atom is 0.273 e. The van der Waals surface area contributed by atoms with Crippen molar-refractivity contribution in [1.29, 1.82) is 0 Å². The first kappa shape index (κ1) is 12.9. The fourth-order valence-electron chi connectivity index (χ4n) is 2.45. The molecule has 2 rings (SSSR count). The van der Waals surface area contributed by atoms with Crippen LogP contribution in [0.1, 0.15) is 35.9 Å². The normalized spacial score (nSPS) is 20.2. The Balaban J connectivity index is 1.90. The van der Waals surface area contributed by atoms with E-state index in [4.69, 9.17) is 5.73 Å². The van der Waals surface area contributed by atoms with Gasteiger partial charge < -0.3 is 11.1 Å². The molecule has 0 aliphatic carbocycles. The van der Waals surface area contributed by atoms with Gasteiger partial charge in [-0.2, -0.15) is 5.10 Å². The molecule has 1 aliphatic heterocycles. The Bertz CT molecular complexity index is 428. The second-order valence-corrected chi connectivity index (χ2v) is 4.75. The molecule has 0 saturated carbocycles. The number of hydrogen-bond donors (Lipinski definition) is 3. The number of nitrogens with zero attached hydrogens (tertiary/aromatic N) is 2. The summed E-state index contributed by atoms with van der Waals surface area (Å²) in [6.07, 6.45) is 2.35. The molecule has 1 fully saturated rings. The second kappa shape index (κ2) is 5.39. The molecule has 1 atom stereocenters. The summed E-state index contributed by atoms with van der Waals surface area (Å²) in [5.74, 6) is -0.195. The van der Waals surface area contributed by atoms with Crippen molar-refractivity contribution in [3.05, 3.63) is 11.4 Å². The summed E-state index contributed by atoms with van der Waals surface area (Å²) in [6.45, 7) is 6.77. The van der Waals surface area contributed by atoms with Crippen molar-refractivity contribution >= 4 is 11.6 Å². The highest BCUT2D eigenvalue weighted by Crippen LogP contribution is 2.16. The first-order chi connectivity index (χ1) is 8.63. The fraction of sp³-hybridized carbons (Fsp3) is 0.667. The number of carbonyl (C=O) groups excluding carboxylic acids is 1. The second-order valence-electron chi connectivity index (χ2n) is 4.75. The van der Waals surface area contributed by atoms with Gasteiger partial charge >= 0.3 is 0 Å². The summed E-state index contributed by atoms with van der Waals surface area (Å²) in [5.41, 5.74) is 7.24. The molecule has 6 heteroatoms. The van der Waals surface area contributed by atoms with E-state index in [0.29, 0.717) is 24.0 Å². The molecule has 1 aliphatic rings. The maximum atomic E-state index is 11.9. The van der Waals surface area contributed by atoms with Crippen molar-refractivity contribution in [2.45, 2.75) is 32.7 Å². The Morgan fingerprint density at radius 2 is 2.44 bits per heavy atom. The van der Waals surface area contributed by atoms with Crippen molar-refractivity contribution in [2.75, 3.05) is 25.4 Å². The zero-order valence-electron chi connectivity index (χ0n) is 11.0. The number of nitrogen functional groups attached to an aromatic ring is 1. The van der Waals surface area contributed by atoms with Crippen LogP contribution in [0.3, 0.4) is 0 Å². The zero-order valence-corrected chi connectivity index (χ0v) is 11.0. The summed E-state index contributed by atoms with van der Waals surface area (Å²) >= 11 is 0. The molecule has 1 aromatic rings.